The number of rotatable bonds is 17. The Morgan fingerprint density at radius 2 is 1.21 bits per heavy atom. The average Bonchev–Trinajstić information content (AvgIpc) is 2.59. The zero-order valence-electron chi connectivity index (χ0n) is 19.3. The first-order valence-electron chi connectivity index (χ1n) is 11.7. The Bertz CT molecular complexity index is 398. The van der Waals surface area contributed by atoms with Crippen LogP contribution in [0.5, 0.6) is 0 Å². The van der Waals surface area contributed by atoms with E-state index in [0.717, 1.165) is 64.2 Å². The van der Waals surface area contributed by atoms with Crippen molar-refractivity contribution in [3.05, 3.63) is 0 Å². The molecule has 0 spiro atoms. The van der Waals surface area contributed by atoms with E-state index in [1.165, 1.54) is 19.3 Å². The SMILES string of the molecule is CCCCCCC(CCC)OC(=O)CCCCCCCCC(=O)OC(C)(C)C. The van der Waals surface area contributed by atoms with E-state index >= 15 is 0 Å². The summed E-state index contributed by atoms with van der Waals surface area (Å²) < 4.78 is 11.0. The van der Waals surface area contributed by atoms with Gasteiger partial charge < -0.3 is 9.47 Å². The molecule has 0 rings (SSSR count). The van der Waals surface area contributed by atoms with E-state index in [4.69, 9.17) is 9.47 Å². The molecule has 0 saturated carbocycles. The lowest BCUT2D eigenvalue weighted by Gasteiger charge is -2.19. The van der Waals surface area contributed by atoms with E-state index in [1.807, 2.05) is 20.8 Å². The summed E-state index contributed by atoms with van der Waals surface area (Å²) in [5.74, 6) is -0.134. The Morgan fingerprint density at radius 3 is 1.75 bits per heavy atom. The molecule has 1 atom stereocenters. The molecule has 0 aromatic carbocycles. The molecule has 0 fully saturated rings. The lowest BCUT2D eigenvalue weighted by molar-refractivity contribution is -0.155. The summed E-state index contributed by atoms with van der Waals surface area (Å²) in [6.45, 7) is 10.0. The van der Waals surface area contributed by atoms with Crippen LogP contribution in [-0.4, -0.2) is 23.6 Å². The minimum absolute atomic E-state index is 0.0288. The Morgan fingerprint density at radius 1 is 0.679 bits per heavy atom. The number of hydrogen-bond acceptors (Lipinski definition) is 4. The third-order valence-corrected chi connectivity index (χ3v) is 4.72. The fraction of sp³-hybridized carbons (Fsp3) is 0.917. The Hall–Kier alpha value is -1.06. The molecule has 4 nitrogen and oxygen atoms in total. The largest absolute Gasteiger partial charge is 0.462 e. The van der Waals surface area contributed by atoms with Crippen molar-refractivity contribution in [2.24, 2.45) is 0 Å². The maximum atomic E-state index is 12.1. The summed E-state index contributed by atoms with van der Waals surface area (Å²) in [6.07, 6.45) is 15.2. The molecular formula is C24H46O4. The summed E-state index contributed by atoms with van der Waals surface area (Å²) in [7, 11) is 0. The van der Waals surface area contributed by atoms with Crippen molar-refractivity contribution in [2.45, 2.75) is 143 Å². The number of ether oxygens (including phenoxy) is 2. The molecule has 1 unspecified atom stereocenters. The number of unbranched alkanes of at least 4 members (excludes halogenated alkanes) is 8. The maximum Gasteiger partial charge on any atom is 0.306 e. The van der Waals surface area contributed by atoms with E-state index in [9.17, 15) is 9.59 Å². The van der Waals surface area contributed by atoms with Gasteiger partial charge in [-0.3, -0.25) is 9.59 Å². The van der Waals surface area contributed by atoms with Crippen molar-refractivity contribution >= 4 is 11.9 Å². The zero-order chi connectivity index (χ0) is 21.3. The fourth-order valence-electron chi connectivity index (χ4n) is 3.27. The quantitative estimate of drug-likeness (QED) is 0.193. The normalized spacial score (nSPS) is 12.6. The standard InChI is InChI=1S/C24H46O4/c1-6-8-9-14-18-21(17-7-2)27-22(25)19-15-12-10-11-13-16-20-23(26)28-24(3,4)5/h21H,6-20H2,1-5H3. The van der Waals surface area contributed by atoms with Gasteiger partial charge in [0, 0.05) is 12.8 Å². The number of carbonyl (C=O) groups is 2. The van der Waals surface area contributed by atoms with Gasteiger partial charge in [-0.2, -0.15) is 0 Å². The van der Waals surface area contributed by atoms with Crippen molar-refractivity contribution < 1.29 is 19.1 Å². The van der Waals surface area contributed by atoms with Gasteiger partial charge >= 0.3 is 11.9 Å². The molecule has 28 heavy (non-hydrogen) atoms. The highest BCUT2D eigenvalue weighted by Crippen LogP contribution is 2.16. The number of carbonyl (C=O) groups excluding carboxylic acids is 2. The summed E-state index contributed by atoms with van der Waals surface area (Å²) in [6, 6.07) is 0. The van der Waals surface area contributed by atoms with Gasteiger partial charge in [0.25, 0.3) is 0 Å². The topological polar surface area (TPSA) is 52.6 Å². The van der Waals surface area contributed by atoms with E-state index in [2.05, 4.69) is 13.8 Å². The van der Waals surface area contributed by atoms with Gasteiger partial charge in [0.05, 0.1) is 0 Å². The lowest BCUT2D eigenvalue weighted by Crippen LogP contribution is -2.23. The highest BCUT2D eigenvalue weighted by Gasteiger charge is 2.15. The first-order chi connectivity index (χ1) is 13.3. The van der Waals surface area contributed by atoms with Gasteiger partial charge in [0.2, 0.25) is 0 Å². The van der Waals surface area contributed by atoms with Crippen molar-refractivity contribution in [1.29, 1.82) is 0 Å². The zero-order valence-corrected chi connectivity index (χ0v) is 19.3. The van der Waals surface area contributed by atoms with E-state index in [-0.39, 0.29) is 18.0 Å². The third-order valence-electron chi connectivity index (χ3n) is 4.72. The molecule has 0 aliphatic carbocycles. The molecule has 0 N–H and O–H groups in total. The van der Waals surface area contributed by atoms with Crippen LogP contribution < -0.4 is 0 Å². The van der Waals surface area contributed by atoms with Crippen LogP contribution in [0.1, 0.15) is 131 Å². The van der Waals surface area contributed by atoms with Crippen molar-refractivity contribution in [1.82, 2.24) is 0 Å². The third kappa shape index (κ3) is 18.3. The van der Waals surface area contributed by atoms with Gasteiger partial charge in [-0.05, 0) is 52.9 Å². The van der Waals surface area contributed by atoms with Crippen molar-refractivity contribution in [3.63, 3.8) is 0 Å². The van der Waals surface area contributed by atoms with Crippen LogP contribution >= 0.6 is 0 Å². The average molecular weight is 399 g/mol. The smallest absolute Gasteiger partial charge is 0.306 e. The molecule has 4 heteroatoms. The van der Waals surface area contributed by atoms with Crippen LogP contribution in [0.4, 0.5) is 0 Å². The minimum atomic E-state index is -0.392. The fourth-order valence-corrected chi connectivity index (χ4v) is 3.27. The minimum Gasteiger partial charge on any atom is -0.462 e. The van der Waals surface area contributed by atoms with Crippen LogP contribution in [0.2, 0.25) is 0 Å². The second-order valence-electron chi connectivity index (χ2n) is 8.96. The summed E-state index contributed by atoms with van der Waals surface area (Å²) in [5, 5.41) is 0. The first-order valence-corrected chi connectivity index (χ1v) is 11.7. The summed E-state index contributed by atoms with van der Waals surface area (Å²) in [5.41, 5.74) is -0.392. The monoisotopic (exact) mass is 398 g/mol. The number of esters is 2. The molecule has 0 radical (unpaired) electrons. The lowest BCUT2D eigenvalue weighted by atomic mass is 10.1. The number of hydrogen-bond donors (Lipinski definition) is 0. The summed E-state index contributed by atoms with van der Waals surface area (Å²) in [4.78, 5) is 23.7. The predicted octanol–water partition coefficient (Wildman–Crippen LogP) is 7.13. The molecule has 0 bridgehead atoms. The van der Waals surface area contributed by atoms with Crippen LogP contribution in [0.15, 0.2) is 0 Å². The molecule has 166 valence electrons. The highest BCUT2D eigenvalue weighted by atomic mass is 16.6. The van der Waals surface area contributed by atoms with Crippen molar-refractivity contribution in [3.8, 4) is 0 Å². The van der Waals surface area contributed by atoms with E-state index < -0.39 is 5.60 Å². The van der Waals surface area contributed by atoms with Gasteiger partial charge in [-0.25, -0.2) is 0 Å². The second kappa shape index (κ2) is 16.9. The Labute approximate surface area is 174 Å². The summed E-state index contributed by atoms with van der Waals surface area (Å²) >= 11 is 0. The molecule has 0 heterocycles. The molecule has 0 amide bonds. The second-order valence-corrected chi connectivity index (χ2v) is 8.96. The van der Waals surface area contributed by atoms with Crippen LogP contribution in [0.3, 0.4) is 0 Å². The predicted molar refractivity (Wildman–Crippen MR) is 116 cm³/mol. The molecule has 0 aliphatic heterocycles. The van der Waals surface area contributed by atoms with Crippen LogP contribution in [-0.2, 0) is 19.1 Å². The van der Waals surface area contributed by atoms with Gasteiger partial charge in [-0.15, -0.1) is 0 Å². The maximum absolute atomic E-state index is 12.1. The molecular weight excluding hydrogens is 352 g/mol. The van der Waals surface area contributed by atoms with E-state index in [0.29, 0.717) is 12.8 Å². The van der Waals surface area contributed by atoms with E-state index in [1.54, 1.807) is 0 Å². The highest BCUT2D eigenvalue weighted by molar-refractivity contribution is 5.70. The molecule has 0 aromatic heterocycles. The van der Waals surface area contributed by atoms with Gasteiger partial charge in [0.1, 0.15) is 11.7 Å². The molecule has 0 saturated heterocycles. The Balaban J connectivity index is 3.67. The van der Waals surface area contributed by atoms with Crippen LogP contribution in [0, 0.1) is 0 Å². The molecule has 0 aromatic rings. The van der Waals surface area contributed by atoms with Crippen molar-refractivity contribution in [2.75, 3.05) is 0 Å². The van der Waals surface area contributed by atoms with Gasteiger partial charge in [0.15, 0.2) is 0 Å². The van der Waals surface area contributed by atoms with Crippen LogP contribution in [0.25, 0.3) is 0 Å². The molecule has 0 aliphatic rings. The first kappa shape index (κ1) is 26.9. The van der Waals surface area contributed by atoms with Gasteiger partial charge in [-0.1, -0.05) is 65.2 Å². The Kier molecular flexibility index (Phi) is 16.2.